The van der Waals surface area contributed by atoms with Crippen LogP contribution >= 0.6 is 27.3 Å². The van der Waals surface area contributed by atoms with Gasteiger partial charge in [0.15, 0.2) is 6.29 Å². The first-order valence-electron chi connectivity index (χ1n) is 3.98. The van der Waals surface area contributed by atoms with Crippen LogP contribution in [0.5, 0.6) is 0 Å². The van der Waals surface area contributed by atoms with Gasteiger partial charge in [-0.05, 0) is 27.4 Å². The Labute approximate surface area is 93.5 Å². The van der Waals surface area contributed by atoms with E-state index in [0.717, 1.165) is 17.3 Å². The van der Waals surface area contributed by atoms with Crippen LogP contribution in [0.3, 0.4) is 0 Å². The van der Waals surface area contributed by atoms with Crippen molar-refractivity contribution in [2.45, 2.75) is 6.54 Å². The summed E-state index contributed by atoms with van der Waals surface area (Å²) in [5.41, 5.74) is 0.470. The van der Waals surface area contributed by atoms with Gasteiger partial charge in [0.1, 0.15) is 5.69 Å². The third-order valence-corrected chi connectivity index (χ3v) is 3.70. The zero-order valence-corrected chi connectivity index (χ0v) is 9.59. The van der Waals surface area contributed by atoms with Gasteiger partial charge in [0.25, 0.3) is 0 Å². The topological polar surface area (TPSA) is 34.9 Å². The normalized spacial score (nSPS) is 10.4. The van der Waals surface area contributed by atoms with E-state index < -0.39 is 0 Å². The van der Waals surface area contributed by atoms with Gasteiger partial charge in [-0.25, -0.2) is 4.98 Å². The van der Waals surface area contributed by atoms with E-state index >= 15 is 0 Å². The predicted molar refractivity (Wildman–Crippen MR) is 58.7 cm³/mol. The number of hydrogen-bond donors (Lipinski definition) is 0. The maximum Gasteiger partial charge on any atom is 0.169 e. The van der Waals surface area contributed by atoms with Crippen LogP contribution in [-0.2, 0) is 6.54 Å². The van der Waals surface area contributed by atoms with Gasteiger partial charge in [-0.3, -0.25) is 4.79 Å². The summed E-state index contributed by atoms with van der Waals surface area (Å²) in [5.74, 6) is 0. The van der Waals surface area contributed by atoms with Crippen LogP contribution in [0.4, 0.5) is 0 Å². The zero-order chi connectivity index (χ0) is 9.97. The fourth-order valence-corrected chi connectivity index (χ4v) is 2.61. The first-order chi connectivity index (χ1) is 6.79. The van der Waals surface area contributed by atoms with Crippen LogP contribution in [0, 0.1) is 0 Å². The number of carbonyl (C=O) groups excluding carboxylic acids is 1. The van der Waals surface area contributed by atoms with Crippen molar-refractivity contribution in [2.75, 3.05) is 0 Å². The summed E-state index contributed by atoms with van der Waals surface area (Å²) in [4.78, 5) is 15.6. The molecular formula is C9H7BrN2OS. The molecule has 0 aliphatic carbocycles. The van der Waals surface area contributed by atoms with Gasteiger partial charge in [-0.1, -0.05) is 0 Å². The fraction of sp³-hybridized carbons (Fsp3) is 0.111. The molecule has 0 aromatic carbocycles. The second kappa shape index (κ2) is 4.06. The summed E-state index contributed by atoms with van der Waals surface area (Å²) < 4.78 is 2.99. The highest BCUT2D eigenvalue weighted by molar-refractivity contribution is 9.10. The molecule has 14 heavy (non-hydrogen) atoms. The SMILES string of the molecule is O=Cc1cn(Cc2sccc2Br)cn1. The van der Waals surface area contributed by atoms with Gasteiger partial charge in [-0.2, -0.15) is 0 Å². The van der Waals surface area contributed by atoms with Gasteiger partial charge in [0, 0.05) is 15.5 Å². The molecule has 2 aromatic rings. The monoisotopic (exact) mass is 270 g/mol. The average molecular weight is 271 g/mol. The van der Waals surface area contributed by atoms with Gasteiger partial charge in [-0.15, -0.1) is 11.3 Å². The summed E-state index contributed by atoms with van der Waals surface area (Å²) in [6.45, 7) is 0.749. The van der Waals surface area contributed by atoms with Crippen LogP contribution in [0.15, 0.2) is 28.4 Å². The van der Waals surface area contributed by atoms with Crippen LogP contribution < -0.4 is 0 Å². The molecule has 0 aliphatic heterocycles. The second-order valence-electron chi connectivity index (χ2n) is 2.78. The van der Waals surface area contributed by atoms with E-state index in [1.807, 2.05) is 16.0 Å². The van der Waals surface area contributed by atoms with E-state index in [9.17, 15) is 4.79 Å². The Morgan fingerprint density at radius 1 is 1.64 bits per heavy atom. The van der Waals surface area contributed by atoms with E-state index in [-0.39, 0.29) is 0 Å². The number of hydrogen-bond acceptors (Lipinski definition) is 3. The van der Waals surface area contributed by atoms with Crippen molar-refractivity contribution in [3.8, 4) is 0 Å². The molecule has 0 unspecified atom stereocenters. The van der Waals surface area contributed by atoms with Crippen molar-refractivity contribution >= 4 is 33.6 Å². The first kappa shape index (κ1) is 9.61. The molecule has 5 heteroatoms. The van der Waals surface area contributed by atoms with Crippen molar-refractivity contribution in [1.29, 1.82) is 0 Å². The molecule has 72 valence electrons. The van der Waals surface area contributed by atoms with Crippen molar-refractivity contribution in [1.82, 2.24) is 9.55 Å². The largest absolute Gasteiger partial charge is 0.331 e. The third-order valence-electron chi connectivity index (χ3n) is 1.79. The molecule has 0 fully saturated rings. The Morgan fingerprint density at radius 2 is 2.50 bits per heavy atom. The highest BCUT2D eigenvalue weighted by Crippen LogP contribution is 2.23. The smallest absolute Gasteiger partial charge is 0.169 e. The molecule has 3 nitrogen and oxygen atoms in total. The number of imidazole rings is 1. The lowest BCUT2D eigenvalue weighted by atomic mass is 10.4. The molecule has 0 spiro atoms. The number of aromatic nitrogens is 2. The Hall–Kier alpha value is -0.940. The van der Waals surface area contributed by atoms with Crippen molar-refractivity contribution in [2.24, 2.45) is 0 Å². The molecule has 0 saturated carbocycles. The quantitative estimate of drug-likeness (QED) is 0.804. The average Bonchev–Trinajstić information content (AvgIpc) is 2.77. The van der Waals surface area contributed by atoms with Crippen molar-refractivity contribution in [3.05, 3.63) is 39.0 Å². The maximum absolute atomic E-state index is 10.4. The summed E-state index contributed by atoms with van der Waals surface area (Å²) in [6.07, 6.45) is 4.15. The molecule has 0 N–H and O–H groups in total. The van der Waals surface area contributed by atoms with E-state index in [2.05, 4.69) is 20.9 Å². The molecule has 2 aromatic heterocycles. The van der Waals surface area contributed by atoms with Gasteiger partial charge in [0.2, 0.25) is 0 Å². The fourth-order valence-electron chi connectivity index (χ4n) is 1.13. The van der Waals surface area contributed by atoms with Crippen molar-refractivity contribution < 1.29 is 4.79 Å². The van der Waals surface area contributed by atoms with Gasteiger partial charge < -0.3 is 4.57 Å². The number of carbonyl (C=O) groups is 1. The molecular weight excluding hydrogens is 264 g/mol. The summed E-state index contributed by atoms with van der Waals surface area (Å²) in [5, 5.41) is 2.02. The molecule has 0 atom stereocenters. The number of halogens is 1. The van der Waals surface area contributed by atoms with Gasteiger partial charge >= 0.3 is 0 Å². The third kappa shape index (κ3) is 1.93. The summed E-state index contributed by atoms with van der Waals surface area (Å²) in [7, 11) is 0. The number of nitrogens with zero attached hydrogens (tertiary/aromatic N) is 2. The summed E-state index contributed by atoms with van der Waals surface area (Å²) in [6, 6.07) is 2.01. The van der Waals surface area contributed by atoms with Crippen molar-refractivity contribution in [3.63, 3.8) is 0 Å². The molecule has 0 saturated heterocycles. The molecule has 2 heterocycles. The maximum atomic E-state index is 10.4. The lowest BCUT2D eigenvalue weighted by Crippen LogP contribution is -1.94. The van der Waals surface area contributed by atoms with Crippen LogP contribution in [0.1, 0.15) is 15.4 Å². The van der Waals surface area contributed by atoms with E-state index in [0.29, 0.717) is 5.69 Å². The minimum Gasteiger partial charge on any atom is -0.331 e. The minimum absolute atomic E-state index is 0.470. The lowest BCUT2D eigenvalue weighted by Gasteiger charge is -1.98. The van der Waals surface area contributed by atoms with Crippen LogP contribution in [0.2, 0.25) is 0 Å². The highest BCUT2D eigenvalue weighted by atomic mass is 79.9. The number of aldehydes is 1. The molecule has 0 radical (unpaired) electrons. The number of thiophene rings is 1. The Morgan fingerprint density at radius 3 is 3.07 bits per heavy atom. The second-order valence-corrected chi connectivity index (χ2v) is 4.64. The Balaban J connectivity index is 2.18. The van der Waals surface area contributed by atoms with Crippen LogP contribution in [-0.4, -0.2) is 15.8 Å². The Kier molecular flexibility index (Phi) is 2.79. The first-order valence-corrected chi connectivity index (χ1v) is 5.65. The molecule has 0 amide bonds. The molecule has 0 bridgehead atoms. The predicted octanol–water partition coefficient (Wildman–Crippen LogP) is 2.57. The molecule has 2 rings (SSSR count). The number of rotatable bonds is 3. The van der Waals surface area contributed by atoms with E-state index in [1.54, 1.807) is 23.9 Å². The summed E-state index contributed by atoms with van der Waals surface area (Å²) >= 11 is 5.13. The molecule has 0 aliphatic rings. The van der Waals surface area contributed by atoms with Gasteiger partial charge in [0.05, 0.1) is 12.9 Å². The standard InChI is InChI=1S/C9H7BrN2OS/c10-8-1-2-14-9(8)4-12-3-7(5-13)11-6-12/h1-3,5-6H,4H2. The van der Waals surface area contributed by atoms with Crippen LogP contribution in [0.25, 0.3) is 0 Å². The lowest BCUT2D eigenvalue weighted by molar-refractivity contribution is 0.111. The Bertz CT molecular complexity index is 449. The minimum atomic E-state index is 0.470. The zero-order valence-electron chi connectivity index (χ0n) is 7.18. The highest BCUT2D eigenvalue weighted by Gasteiger charge is 2.03. The van der Waals surface area contributed by atoms with E-state index in [4.69, 9.17) is 0 Å². The van der Waals surface area contributed by atoms with E-state index in [1.165, 1.54) is 4.88 Å².